The van der Waals surface area contributed by atoms with Crippen LogP contribution >= 0.6 is 0 Å². The van der Waals surface area contributed by atoms with Crippen LogP contribution in [0.4, 0.5) is 28.7 Å². The molecule has 3 heterocycles. The quantitative estimate of drug-likeness (QED) is 0.225. The summed E-state index contributed by atoms with van der Waals surface area (Å²) in [4.78, 5) is 43.2. The van der Waals surface area contributed by atoms with Crippen molar-refractivity contribution in [1.29, 1.82) is 0 Å². The molecule has 1 fully saturated rings. The fraction of sp³-hybridized carbons (Fsp3) is 0.226. The average Bonchev–Trinajstić information content (AvgIpc) is 3.27. The maximum Gasteiger partial charge on any atom is 0.278 e. The number of nitrogens with one attached hydrogen (secondary N) is 1. The number of nitro benzene ring substituents is 1. The van der Waals surface area contributed by atoms with Crippen LogP contribution in [0.25, 0.3) is 0 Å². The van der Waals surface area contributed by atoms with Gasteiger partial charge in [0.05, 0.1) is 27.9 Å². The van der Waals surface area contributed by atoms with E-state index >= 15 is 0 Å². The Morgan fingerprint density at radius 1 is 0.911 bits per heavy atom. The molecule has 45 heavy (non-hydrogen) atoms. The number of hydrogen-bond donors (Lipinski definition) is 1. The van der Waals surface area contributed by atoms with Crippen molar-refractivity contribution in [3.8, 4) is 0 Å². The predicted octanol–water partition coefficient (Wildman–Crippen LogP) is 4.05. The molecule has 1 amide bonds. The Balaban J connectivity index is 1.15. The highest BCUT2D eigenvalue weighted by atomic mass is 32.2. The van der Waals surface area contributed by atoms with Gasteiger partial charge in [-0.2, -0.15) is 0 Å². The van der Waals surface area contributed by atoms with Crippen LogP contribution in [0.3, 0.4) is 0 Å². The molecule has 13 nitrogen and oxygen atoms in total. The fourth-order valence-electron chi connectivity index (χ4n) is 5.42. The molecular weight excluding hydrogens is 596 g/mol. The number of carbonyl (C=O) groups is 1. The molecule has 2 aliphatic rings. The maximum atomic E-state index is 13.7. The Hall–Kier alpha value is -5.21. The van der Waals surface area contributed by atoms with Crippen LogP contribution < -0.4 is 14.5 Å². The zero-order valence-electron chi connectivity index (χ0n) is 24.6. The molecule has 0 aliphatic carbocycles. The first-order chi connectivity index (χ1) is 21.6. The van der Waals surface area contributed by atoms with Gasteiger partial charge in [0.25, 0.3) is 21.6 Å². The minimum Gasteiger partial charge on any atom is -0.369 e. The SMILES string of the molecule is Cc1cc(C)nc(NS(=O)(=O)c2ccc(N=C3C(=O)N(CN4CCN(c5ccc([N+](=O)[O-])cc5)CC4)c4ccccc43)cc2)n1. The van der Waals surface area contributed by atoms with Crippen LogP contribution in [0.5, 0.6) is 0 Å². The van der Waals surface area contributed by atoms with Gasteiger partial charge in [-0.1, -0.05) is 18.2 Å². The van der Waals surface area contributed by atoms with Crippen LogP contribution in [-0.4, -0.2) is 72.7 Å². The molecule has 0 spiro atoms. The molecule has 1 N–H and O–H groups in total. The summed E-state index contributed by atoms with van der Waals surface area (Å²) in [5, 5.41) is 11.0. The maximum absolute atomic E-state index is 13.7. The number of rotatable bonds is 8. The number of benzene rings is 3. The molecule has 1 saturated heterocycles. The number of aliphatic imine (C=N–C) groups is 1. The third kappa shape index (κ3) is 6.37. The minimum atomic E-state index is -3.94. The standard InChI is InChI=1S/C31H30N8O5S/c1-21-19-22(2)33-31(32-21)35-45(43,44)26-13-7-23(8-14-26)34-29-27-5-3-4-6-28(27)38(30(29)40)20-36-15-17-37(18-16-36)24-9-11-25(12-10-24)39(41)42/h3-14,19H,15-18,20H2,1-2H3,(H,32,33,35). The summed E-state index contributed by atoms with van der Waals surface area (Å²) < 4.78 is 28.3. The molecule has 0 atom stereocenters. The monoisotopic (exact) mass is 626 g/mol. The summed E-state index contributed by atoms with van der Waals surface area (Å²) in [6.45, 7) is 6.72. The van der Waals surface area contributed by atoms with E-state index in [0.717, 1.165) is 11.4 Å². The molecular formula is C31H30N8O5S. The first-order valence-electron chi connectivity index (χ1n) is 14.2. The van der Waals surface area contributed by atoms with E-state index in [1.54, 1.807) is 49.1 Å². The number of piperazine rings is 1. The van der Waals surface area contributed by atoms with E-state index in [0.29, 0.717) is 55.5 Å². The largest absolute Gasteiger partial charge is 0.369 e. The van der Waals surface area contributed by atoms with Crippen LogP contribution in [0.1, 0.15) is 17.0 Å². The summed E-state index contributed by atoms with van der Waals surface area (Å²) in [6.07, 6.45) is 0. The molecule has 0 radical (unpaired) electrons. The van der Waals surface area contributed by atoms with Crippen molar-refractivity contribution in [2.75, 3.05) is 47.4 Å². The second-order valence-corrected chi connectivity index (χ2v) is 12.5. The average molecular weight is 627 g/mol. The molecule has 230 valence electrons. The lowest BCUT2D eigenvalue weighted by Crippen LogP contribution is -2.51. The Morgan fingerprint density at radius 3 is 2.20 bits per heavy atom. The van der Waals surface area contributed by atoms with Gasteiger partial charge in [-0.25, -0.2) is 28.1 Å². The van der Waals surface area contributed by atoms with E-state index in [2.05, 4.69) is 29.5 Å². The van der Waals surface area contributed by atoms with E-state index in [1.807, 2.05) is 24.3 Å². The summed E-state index contributed by atoms with van der Waals surface area (Å²) in [7, 11) is -3.94. The summed E-state index contributed by atoms with van der Waals surface area (Å²) in [6, 6.07) is 21.7. The first kappa shape index (κ1) is 29.8. The topological polar surface area (TPSA) is 154 Å². The van der Waals surface area contributed by atoms with Crippen LogP contribution in [-0.2, 0) is 14.8 Å². The van der Waals surface area contributed by atoms with Gasteiger partial charge in [0, 0.05) is 61.0 Å². The van der Waals surface area contributed by atoms with Crippen molar-refractivity contribution in [3.63, 3.8) is 0 Å². The molecule has 4 aromatic rings. The molecule has 2 aliphatic heterocycles. The zero-order chi connectivity index (χ0) is 31.7. The van der Waals surface area contributed by atoms with Gasteiger partial charge in [0.2, 0.25) is 5.95 Å². The number of para-hydroxylation sites is 1. The number of aryl methyl sites for hydroxylation is 2. The Kier molecular flexibility index (Phi) is 7.99. The molecule has 0 saturated carbocycles. The van der Waals surface area contributed by atoms with Gasteiger partial charge in [0.15, 0.2) is 0 Å². The highest BCUT2D eigenvalue weighted by molar-refractivity contribution is 7.92. The Morgan fingerprint density at radius 2 is 1.56 bits per heavy atom. The normalized spacial score (nSPS) is 16.2. The number of aromatic nitrogens is 2. The lowest BCUT2D eigenvalue weighted by molar-refractivity contribution is -0.384. The van der Waals surface area contributed by atoms with Crippen molar-refractivity contribution in [2.45, 2.75) is 18.7 Å². The lowest BCUT2D eigenvalue weighted by atomic mass is 10.1. The fourth-order valence-corrected chi connectivity index (χ4v) is 6.37. The second-order valence-electron chi connectivity index (χ2n) is 10.8. The zero-order valence-corrected chi connectivity index (χ0v) is 25.4. The first-order valence-corrected chi connectivity index (χ1v) is 15.7. The number of non-ortho nitro benzene ring substituents is 1. The molecule has 6 rings (SSSR count). The minimum absolute atomic E-state index is 0.00201. The number of nitrogens with zero attached hydrogens (tertiary/aromatic N) is 7. The van der Waals surface area contributed by atoms with E-state index < -0.39 is 14.9 Å². The smallest absolute Gasteiger partial charge is 0.278 e. The van der Waals surface area contributed by atoms with Crippen molar-refractivity contribution < 1.29 is 18.1 Å². The highest BCUT2D eigenvalue weighted by Gasteiger charge is 2.35. The number of fused-ring (bicyclic) bond motifs is 1. The summed E-state index contributed by atoms with van der Waals surface area (Å²) in [5.41, 5.74) is 4.46. The third-order valence-corrected chi connectivity index (χ3v) is 8.98. The predicted molar refractivity (Wildman–Crippen MR) is 171 cm³/mol. The molecule has 1 aromatic heterocycles. The molecule has 3 aromatic carbocycles. The van der Waals surface area contributed by atoms with Crippen molar-refractivity contribution >= 4 is 50.3 Å². The number of nitro groups is 1. The molecule has 0 bridgehead atoms. The molecule has 0 unspecified atom stereocenters. The van der Waals surface area contributed by atoms with Crippen LogP contribution in [0, 0.1) is 24.0 Å². The van der Waals surface area contributed by atoms with Crippen LogP contribution in [0.15, 0.2) is 88.8 Å². The number of carbonyl (C=O) groups excluding carboxylic acids is 1. The van der Waals surface area contributed by atoms with E-state index in [-0.39, 0.29) is 28.2 Å². The highest BCUT2D eigenvalue weighted by Crippen LogP contribution is 2.32. The van der Waals surface area contributed by atoms with E-state index in [4.69, 9.17) is 0 Å². The van der Waals surface area contributed by atoms with Gasteiger partial charge in [-0.05, 0) is 62.4 Å². The van der Waals surface area contributed by atoms with Gasteiger partial charge in [-0.15, -0.1) is 0 Å². The van der Waals surface area contributed by atoms with E-state index in [9.17, 15) is 23.3 Å². The van der Waals surface area contributed by atoms with Crippen molar-refractivity contribution in [3.05, 3.63) is 106 Å². The van der Waals surface area contributed by atoms with Gasteiger partial charge in [0.1, 0.15) is 5.71 Å². The summed E-state index contributed by atoms with van der Waals surface area (Å²) in [5.74, 6) is -0.239. The third-order valence-electron chi connectivity index (χ3n) is 7.63. The lowest BCUT2D eigenvalue weighted by Gasteiger charge is -2.37. The van der Waals surface area contributed by atoms with Gasteiger partial charge < -0.3 is 4.90 Å². The number of hydrogen-bond acceptors (Lipinski definition) is 10. The number of sulfonamides is 1. The number of amides is 1. The van der Waals surface area contributed by atoms with E-state index in [1.165, 1.54) is 24.3 Å². The van der Waals surface area contributed by atoms with Crippen molar-refractivity contribution in [2.24, 2.45) is 4.99 Å². The Labute approximate surface area is 260 Å². The second kappa shape index (κ2) is 12.1. The Bertz CT molecular complexity index is 1890. The number of anilines is 3. The summed E-state index contributed by atoms with van der Waals surface area (Å²) >= 11 is 0. The van der Waals surface area contributed by atoms with Crippen LogP contribution in [0.2, 0.25) is 0 Å². The van der Waals surface area contributed by atoms with Gasteiger partial charge >= 0.3 is 0 Å². The molecule has 14 heteroatoms. The van der Waals surface area contributed by atoms with Crippen molar-refractivity contribution in [1.82, 2.24) is 14.9 Å². The van der Waals surface area contributed by atoms with Gasteiger partial charge in [-0.3, -0.25) is 24.7 Å².